The molecule has 0 aliphatic carbocycles. The Bertz CT molecular complexity index is 711. The molecule has 4 rings (SSSR count). The van der Waals surface area contributed by atoms with Gasteiger partial charge in [0.05, 0.1) is 19.3 Å². The highest BCUT2D eigenvalue weighted by molar-refractivity contribution is 5.70. The van der Waals surface area contributed by atoms with Gasteiger partial charge in [0.1, 0.15) is 0 Å². The molecule has 0 spiro atoms. The summed E-state index contributed by atoms with van der Waals surface area (Å²) in [5.74, 6) is 0. The molecule has 0 amide bonds. The molecule has 2 bridgehead atoms. The number of fused-ring (bicyclic) bond motifs is 2. The van der Waals surface area contributed by atoms with E-state index < -0.39 is 0 Å². The summed E-state index contributed by atoms with van der Waals surface area (Å²) in [5, 5.41) is 0. The van der Waals surface area contributed by atoms with Crippen LogP contribution in [-0.4, -0.2) is 30.2 Å². The molecule has 2 aromatic rings. The van der Waals surface area contributed by atoms with Crippen molar-refractivity contribution in [3.05, 3.63) is 71.8 Å². The lowest BCUT2D eigenvalue weighted by molar-refractivity contribution is -0.0402. The molecule has 0 aromatic heterocycles. The Labute approximate surface area is 137 Å². The predicted molar refractivity (Wildman–Crippen MR) is 93.8 cm³/mol. The average molecular weight is 306 g/mol. The molecular formula is C20H22N2O. The molecule has 3 nitrogen and oxygen atoms in total. The van der Waals surface area contributed by atoms with E-state index in [0.717, 1.165) is 31.9 Å². The second kappa shape index (κ2) is 6.19. The largest absolute Gasteiger partial charge is 0.399 e. The molecule has 118 valence electrons. The minimum atomic E-state index is 0.346. The number of morpholine rings is 1. The van der Waals surface area contributed by atoms with Crippen molar-refractivity contribution in [3.63, 3.8) is 0 Å². The molecular weight excluding hydrogens is 284 g/mol. The molecule has 2 atom stereocenters. The van der Waals surface area contributed by atoms with Gasteiger partial charge in [0.15, 0.2) is 0 Å². The minimum absolute atomic E-state index is 0.346. The van der Waals surface area contributed by atoms with E-state index in [1.807, 2.05) is 12.1 Å². The molecule has 2 heterocycles. The molecule has 23 heavy (non-hydrogen) atoms. The number of nitrogens with two attached hydrogens (primary N) is 1. The summed E-state index contributed by atoms with van der Waals surface area (Å²) in [6.45, 7) is 2.57. The van der Waals surface area contributed by atoms with Gasteiger partial charge in [-0.3, -0.25) is 4.90 Å². The van der Waals surface area contributed by atoms with E-state index in [1.165, 1.54) is 16.7 Å². The highest BCUT2D eigenvalue weighted by Gasteiger charge is 2.34. The number of benzene rings is 2. The maximum atomic E-state index is 5.95. The van der Waals surface area contributed by atoms with Gasteiger partial charge < -0.3 is 10.5 Å². The van der Waals surface area contributed by atoms with Crippen molar-refractivity contribution in [2.75, 3.05) is 18.9 Å². The third kappa shape index (κ3) is 3.03. The van der Waals surface area contributed by atoms with Crippen molar-refractivity contribution >= 4 is 11.3 Å². The van der Waals surface area contributed by atoms with E-state index in [2.05, 4.69) is 53.4 Å². The number of hydrogen-bond acceptors (Lipinski definition) is 3. The van der Waals surface area contributed by atoms with E-state index >= 15 is 0 Å². The zero-order valence-corrected chi connectivity index (χ0v) is 13.2. The van der Waals surface area contributed by atoms with Gasteiger partial charge in [-0.05, 0) is 35.3 Å². The first kappa shape index (κ1) is 14.5. The van der Waals surface area contributed by atoms with Gasteiger partial charge in [-0.1, -0.05) is 48.5 Å². The van der Waals surface area contributed by atoms with Gasteiger partial charge in [0.2, 0.25) is 0 Å². The van der Waals surface area contributed by atoms with Crippen LogP contribution >= 0.6 is 0 Å². The van der Waals surface area contributed by atoms with E-state index in [-0.39, 0.29) is 0 Å². The van der Waals surface area contributed by atoms with Crippen molar-refractivity contribution in [1.29, 1.82) is 0 Å². The van der Waals surface area contributed by atoms with Crippen LogP contribution in [0.2, 0.25) is 0 Å². The first-order valence-electron chi connectivity index (χ1n) is 8.23. The Morgan fingerprint density at radius 2 is 1.91 bits per heavy atom. The standard InChI is InChI=1S/C20H22N2O/c21-18-8-4-7-16(9-18)17-10-19-13-23-14-20(11-17)22(19)12-15-5-2-1-3-6-15/h1-10,19-20H,11-14,21H2. The van der Waals surface area contributed by atoms with Crippen LogP contribution in [0, 0.1) is 0 Å². The van der Waals surface area contributed by atoms with Crippen LogP contribution in [0.4, 0.5) is 5.69 Å². The third-order valence-electron chi connectivity index (χ3n) is 4.81. The van der Waals surface area contributed by atoms with Gasteiger partial charge in [-0.25, -0.2) is 0 Å². The Balaban J connectivity index is 1.60. The van der Waals surface area contributed by atoms with Gasteiger partial charge >= 0.3 is 0 Å². The van der Waals surface area contributed by atoms with E-state index in [0.29, 0.717) is 12.1 Å². The molecule has 2 aromatic carbocycles. The quantitative estimate of drug-likeness (QED) is 0.884. The number of ether oxygens (including phenoxy) is 1. The van der Waals surface area contributed by atoms with Crippen LogP contribution in [0.1, 0.15) is 17.5 Å². The fourth-order valence-electron chi connectivity index (χ4n) is 3.65. The molecule has 2 aliphatic heterocycles. The molecule has 2 N–H and O–H groups in total. The van der Waals surface area contributed by atoms with Crippen molar-refractivity contribution in [3.8, 4) is 0 Å². The number of hydrogen-bond donors (Lipinski definition) is 1. The zero-order valence-electron chi connectivity index (χ0n) is 13.2. The summed E-state index contributed by atoms with van der Waals surface area (Å²) in [5.41, 5.74) is 10.8. The first-order chi connectivity index (χ1) is 11.3. The third-order valence-corrected chi connectivity index (χ3v) is 4.81. The van der Waals surface area contributed by atoms with E-state index in [1.54, 1.807) is 0 Å². The van der Waals surface area contributed by atoms with Crippen molar-refractivity contribution in [2.45, 2.75) is 25.0 Å². The zero-order chi connectivity index (χ0) is 15.6. The summed E-state index contributed by atoms with van der Waals surface area (Å²) in [7, 11) is 0. The highest BCUT2D eigenvalue weighted by Crippen LogP contribution is 2.33. The number of nitrogens with zero attached hydrogens (tertiary/aromatic N) is 1. The van der Waals surface area contributed by atoms with Gasteiger partial charge in [0.25, 0.3) is 0 Å². The first-order valence-corrected chi connectivity index (χ1v) is 8.23. The number of rotatable bonds is 3. The Hall–Kier alpha value is -2.10. The van der Waals surface area contributed by atoms with E-state index in [4.69, 9.17) is 10.5 Å². The Morgan fingerprint density at radius 3 is 2.70 bits per heavy atom. The van der Waals surface area contributed by atoms with Crippen LogP contribution in [0.25, 0.3) is 5.57 Å². The SMILES string of the molecule is Nc1cccc(C2=CC3COCC(C2)N3Cc2ccccc2)c1. The fourth-order valence-corrected chi connectivity index (χ4v) is 3.65. The molecule has 0 saturated carbocycles. The average Bonchev–Trinajstić information content (AvgIpc) is 2.55. The van der Waals surface area contributed by atoms with Crippen LogP contribution in [0.3, 0.4) is 0 Å². The van der Waals surface area contributed by atoms with Gasteiger partial charge in [-0.2, -0.15) is 0 Å². The molecule has 2 aliphatic rings. The predicted octanol–water partition coefficient (Wildman–Crippen LogP) is 3.33. The molecule has 1 saturated heterocycles. The Kier molecular flexibility index (Phi) is 3.90. The summed E-state index contributed by atoms with van der Waals surface area (Å²) in [6, 6.07) is 19.7. The maximum Gasteiger partial charge on any atom is 0.0658 e. The maximum absolute atomic E-state index is 5.95. The smallest absolute Gasteiger partial charge is 0.0658 e. The van der Waals surface area contributed by atoms with Crippen molar-refractivity contribution in [2.24, 2.45) is 0 Å². The highest BCUT2D eigenvalue weighted by atomic mass is 16.5. The van der Waals surface area contributed by atoms with Gasteiger partial charge in [0, 0.05) is 18.3 Å². The lowest BCUT2D eigenvalue weighted by Crippen LogP contribution is -2.53. The summed E-state index contributed by atoms with van der Waals surface area (Å²) in [4.78, 5) is 2.58. The van der Waals surface area contributed by atoms with Crippen LogP contribution in [0.5, 0.6) is 0 Å². The second-order valence-electron chi connectivity index (χ2n) is 6.44. The lowest BCUT2D eigenvalue weighted by Gasteiger charge is -2.44. The summed E-state index contributed by atoms with van der Waals surface area (Å²) in [6.07, 6.45) is 3.39. The molecule has 1 fully saturated rings. The lowest BCUT2D eigenvalue weighted by atomic mass is 9.89. The van der Waals surface area contributed by atoms with Gasteiger partial charge in [-0.15, -0.1) is 0 Å². The fraction of sp³-hybridized carbons (Fsp3) is 0.300. The molecule has 2 unspecified atom stereocenters. The minimum Gasteiger partial charge on any atom is -0.399 e. The van der Waals surface area contributed by atoms with Crippen molar-refractivity contribution in [1.82, 2.24) is 4.90 Å². The summed E-state index contributed by atoms with van der Waals surface area (Å²) < 4.78 is 5.80. The Morgan fingerprint density at radius 1 is 1.04 bits per heavy atom. The van der Waals surface area contributed by atoms with E-state index in [9.17, 15) is 0 Å². The number of nitrogen functional groups attached to an aromatic ring is 1. The van der Waals surface area contributed by atoms with Crippen LogP contribution in [-0.2, 0) is 11.3 Å². The van der Waals surface area contributed by atoms with Crippen LogP contribution in [0.15, 0.2) is 60.7 Å². The molecule has 3 heteroatoms. The second-order valence-corrected chi connectivity index (χ2v) is 6.44. The van der Waals surface area contributed by atoms with Crippen molar-refractivity contribution < 1.29 is 4.74 Å². The molecule has 0 radical (unpaired) electrons. The topological polar surface area (TPSA) is 38.5 Å². The summed E-state index contributed by atoms with van der Waals surface area (Å²) >= 11 is 0. The van der Waals surface area contributed by atoms with Crippen LogP contribution < -0.4 is 5.73 Å². The normalized spacial score (nSPS) is 24.3. The monoisotopic (exact) mass is 306 g/mol. The number of anilines is 1.